The lowest BCUT2D eigenvalue weighted by molar-refractivity contribution is -0.110. The average molecular weight is 584 g/mol. The molecular formula is C33H28F3N5O2. The van der Waals surface area contributed by atoms with Crippen LogP contribution in [-0.2, 0) is 17.6 Å². The molecule has 0 fully saturated rings. The van der Waals surface area contributed by atoms with Crippen molar-refractivity contribution >= 4 is 17.3 Å². The molecule has 0 saturated carbocycles. The summed E-state index contributed by atoms with van der Waals surface area (Å²) in [4.78, 5) is 18.8. The van der Waals surface area contributed by atoms with E-state index in [-0.39, 0.29) is 12.2 Å². The molecule has 6 rings (SSSR count). The van der Waals surface area contributed by atoms with Crippen LogP contribution in [0.1, 0.15) is 35.7 Å². The van der Waals surface area contributed by atoms with Gasteiger partial charge in [0.2, 0.25) is 18.2 Å². The van der Waals surface area contributed by atoms with Gasteiger partial charge in [-0.3, -0.25) is 9.78 Å². The minimum absolute atomic E-state index is 0.167. The molecule has 218 valence electrons. The number of hydrogen-bond acceptors (Lipinski definition) is 5. The van der Waals surface area contributed by atoms with Crippen LogP contribution in [0, 0.1) is 24.4 Å². The Morgan fingerprint density at radius 3 is 2.44 bits per heavy atom. The highest BCUT2D eigenvalue weighted by Gasteiger charge is 2.19. The summed E-state index contributed by atoms with van der Waals surface area (Å²) in [5, 5.41) is 11.6. The molecule has 6 aromatic rings. The quantitative estimate of drug-likeness (QED) is 0.184. The van der Waals surface area contributed by atoms with Gasteiger partial charge in [-0.05, 0) is 78.1 Å². The van der Waals surface area contributed by atoms with Gasteiger partial charge < -0.3 is 14.7 Å². The Hall–Kier alpha value is -5.25. The first-order valence-electron chi connectivity index (χ1n) is 13.6. The van der Waals surface area contributed by atoms with Crippen LogP contribution in [0.25, 0.3) is 33.5 Å². The van der Waals surface area contributed by atoms with Gasteiger partial charge >= 0.3 is 0 Å². The summed E-state index contributed by atoms with van der Waals surface area (Å²) >= 11 is 0. The summed E-state index contributed by atoms with van der Waals surface area (Å²) in [7, 11) is 0. The van der Waals surface area contributed by atoms with E-state index in [0.29, 0.717) is 29.4 Å². The summed E-state index contributed by atoms with van der Waals surface area (Å²) in [5.41, 5.74) is 5.47. The van der Waals surface area contributed by atoms with Gasteiger partial charge in [-0.15, -0.1) is 10.2 Å². The maximum atomic E-state index is 13.7. The third kappa shape index (κ3) is 6.98. The SMILES string of the molecule is CCc1c[nH]c2ccc(F)cc12.Cc1nnc(-c2cccc(-c3cccnc3C(Cc3cc(F)cc(F)c3)NC=O)c2)o1. The highest BCUT2D eigenvalue weighted by Crippen LogP contribution is 2.31. The van der Waals surface area contributed by atoms with Gasteiger partial charge in [0.05, 0.1) is 11.7 Å². The van der Waals surface area contributed by atoms with Gasteiger partial charge in [0, 0.05) is 47.4 Å². The fraction of sp³-hybridized carbons (Fsp3) is 0.152. The van der Waals surface area contributed by atoms with E-state index in [4.69, 9.17) is 4.42 Å². The number of hydrogen-bond donors (Lipinski definition) is 2. The second kappa shape index (κ2) is 13.2. The molecule has 0 bridgehead atoms. The predicted octanol–water partition coefficient (Wildman–Crippen LogP) is 7.28. The van der Waals surface area contributed by atoms with Gasteiger partial charge in [-0.1, -0.05) is 25.1 Å². The Kier molecular flexibility index (Phi) is 8.95. The van der Waals surface area contributed by atoms with Crippen molar-refractivity contribution in [2.24, 2.45) is 0 Å². The summed E-state index contributed by atoms with van der Waals surface area (Å²) in [6, 6.07) is 18.6. The second-order valence-corrected chi connectivity index (χ2v) is 9.82. The molecule has 1 amide bonds. The van der Waals surface area contributed by atoms with Crippen molar-refractivity contribution in [1.29, 1.82) is 0 Å². The zero-order valence-corrected chi connectivity index (χ0v) is 23.4. The number of halogens is 3. The van der Waals surface area contributed by atoms with Crippen LogP contribution in [0.5, 0.6) is 0 Å². The van der Waals surface area contributed by atoms with E-state index in [1.54, 1.807) is 31.3 Å². The number of rotatable bonds is 8. The highest BCUT2D eigenvalue weighted by atomic mass is 19.1. The fourth-order valence-corrected chi connectivity index (χ4v) is 4.90. The largest absolute Gasteiger partial charge is 0.421 e. The van der Waals surface area contributed by atoms with Crippen LogP contribution in [0.3, 0.4) is 0 Å². The molecule has 43 heavy (non-hydrogen) atoms. The lowest BCUT2D eigenvalue weighted by atomic mass is 9.95. The van der Waals surface area contributed by atoms with E-state index < -0.39 is 17.7 Å². The standard InChI is InChI=1S/C23H18F2N4O2.C10H10FN/c1-14-28-29-23(31-14)17-5-2-4-16(11-17)20-6-3-7-26-22(20)21(27-13-30)10-15-8-18(24)12-19(25)9-15;1-2-7-6-12-10-4-3-8(11)5-9(7)10/h2-9,11-13,21H,10H2,1H3,(H,27,30);3-6,12H,2H2,1H3. The predicted molar refractivity (Wildman–Crippen MR) is 157 cm³/mol. The first-order valence-corrected chi connectivity index (χ1v) is 13.6. The summed E-state index contributed by atoms with van der Waals surface area (Å²) in [5.74, 6) is -0.674. The van der Waals surface area contributed by atoms with Crippen LogP contribution in [0.15, 0.2) is 89.6 Å². The minimum Gasteiger partial charge on any atom is -0.421 e. The molecule has 10 heteroatoms. The van der Waals surface area contributed by atoms with Gasteiger partial charge in [-0.25, -0.2) is 13.2 Å². The highest BCUT2D eigenvalue weighted by molar-refractivity contribution is 5.83. The normalized spacial score (nSPS) is 11.6. The third-order valence-corrected chi connectivity index (χ3v) is 6.86. The van der Waals surface area contributed by atoms with Crippen LogP contribution in [0.2, 0.25) is 0 Å². The molecule has 0 saturated heterocycles. The molecule has 0 aliphatic heterocycles. The van der Waals surface area contributed by atoms with Crippen LogP contribution in [-0.4, -0.2) is 26.6 Å². The number of fused-ring (bicyclic) bond motifs is 1. The van der Waals surface area contributed by atoms with Crippen molar-refractivity contribution in [3.05, 3.63) is 125 Å². The molecule has 1 atom stereocenters. The van der Waals surface area contributed by atoms with E-state index in [2.05, 4.69) is 32.4 Å². The number of nitrogens with zero attached hydrogens (tertiary/aromatic N) is 3. The number of aryl methyl sites for hydroxylation is 2. The monoisotopic (exact) mass is 583 g/mol. The maximum Gasteiger partial charge on any atom is 0.247 e. The summed E-state index contributed by atoms with van der Waals surface area (Å²) < 4.78 is 45.6. The van der Waals surface area contributed by atoms with Gasteiger partial charge in [-0.2, -0.15) is 0 Å². The third-order valence-electron chi connectivity index (χ3n) is 6.86. The molecule has 3 aromatic carbocycles. The fourth-order valence-electron chi connectivity index (χ4n) is 4.90. The van der Waals surface area contributed by atoms with Crippen molar-refractivity contribution in [3.63, 3.8) is 0 Å². The Bertz CT molecular complexity index is 1850. The molecule has 1 unspecified atom stereocenters. The van der Waals surface area contributed by atoms with Crippen LogP contribution < -0.4 is 5.32 Å². The zero-order chi connectivity index (χ0) is 30.3. The number of amides is 1. The van der Waals surface area contributed by atoms with Crippen molar-refractivity contribution in [3.8, 4) is 22.6 Å². The lowest BCUT2D eigenvalue weighted by Crippen LogP contribution is -2.23. The number of pyridine rings is 1. The first kappa shape index (κ1) is 29.2. The molecule has 7 nitrogen and oxygen atoms in total. The van der Waals surface area contributed by atoms with Gasteiger partial charge in [0.15, 0.2) is 0 Å². The van der Waals surface area contributed by atoms with E-state index in [1.165, 1.54) is 23.8 Å². The van der Waals surface area contributed by atoms with E-state index in [9.17, 15) is 18.0 Å². The summed E-state index contributed by atoms with van der Waals surface area (Å²) in [6.45, 7) is 3.78. The number of H-pyrrole nitrogens is 1. The average Bonchev–Trinajstić information content (AvgIpc) is 3.62. The molecule has 3 heterocycles. The minimum atomic E-state index is -0.677. The number of carbonyl (C=O) groups is 1. The molecule has 0 spiro atoms. The molecule has 0 aliphatic rings. The Morgan fingerprint density at radius 2 is 1.72 bits per heavy atom. The van der Waals surface area contributed by atoms with E-state index in [0.717, 1.165) is 40.1 Å². The molecule has 0 radical (unpaired) electrons. The Labute approximate surface area is 245 Å². The summed E-state index contributed by atoms with van der Waals surface area (Å²) in [6.07, 6.45) is 5.19. The van der Waals surface area contributed by atoms with Crippen LogP contribution in [0.4, 0.5) is 13.2 Å². The van der Waals surface area contributed by atoms with Crippen molar-refractivity contribution in [1.82, 2.24) is 25.5 Å². The zero-order valence-electron chi connectivity index (χ0n) is 23.4. The van der Waals surface area contributed by atoms with Crippen molar-refractivity contribution < 1.29 is 22.4 Å². The van der Waals surface area contributed by atoms with Crippen molar-refractivity contribution in [2.45, 2.75) is 32.7 Å². The lowest BCUT2D eigenvalue weighted by Gasteiger charge is -2.19. The number of benzene rings is 3. The van der Waals surface area contributed by atoms with Crippen LogP contribution >= 0.6 is 0 Å². The number of carbonyl (C=O) groups excluding carboxylic acids is 1. The number of aromatic amines is 1. The van der Waals surface area contributed by atoms with Crippen molar-refractivity contribution in [2.75, 3.05) is 0 Å². The molecule has 2 N–H and O–H groups in total. The smallest absolute Gasteiger partial charge is 0.247 e. The number of nitrogens with one attached hydrogen (secondary N) is 2. The van der Waals surface area contributed by atoms with Gasteiger partial charge in [0.1, 0.15) is 17.5 Å². The first-order chi connectivity index (χ1) is 20.8. The van der Waals surface area contributed by atoms with E-state index in [1.807, 2.05) is 36.5 Å². The molecule has 3 aromatic heterocycles. The topological polar surface area (TPSA) is 96.7 Å². The molecule has 0 aliphatic carbocycles. The Balaban J connectivity index is 0.000000255. The number of aromatic nitrogens is 4. The molecular weight excluding hydrogens is 555 g/mol. The second-order valence-electron chi connectivity index (χ2n) is 9.82. The Morgan fingerprint density at radius 1 is 0.930 bits per heavy atom. The maximum absolute atomic E-state index is 13.7. The van der Waals surface area contributed by atoms with Gasteiger partial charge in [0.25, 0.3) is 0 Å². The van der Waals surface area contributed by atoms with E-state index >= 15 is 0 Å².